The van der Waals surface area contributed by atoms with Crippen molar-refractivity contribution in [3.05, 3.63) is 0 Å². The second-order valence-corrected chi connectivity index (χ2v) is 5.17. The van der Waals surface area contributed by atoms with E-state index >= 15 is 0 Å². The van der Waals surface area contributed by atoms with Crippen molar-refractivity contribution < 1.29 is 14.3 Å². The van der Waals surface area contributed by atoms with Gasteiger partial charge in [0.15, 0.2) is 0 Å². The van der Waals surface area contributed by atoms with Crippen molar-refractivity contribution >= 4 is 11.9 Å². The quantitative estimate of drug-likeness (QED) is 0.698. The van der Waals surface area contributed by atoms with E-state index in [2.05, 4.69) is 10.6 Å². The molecule has 6 nitrogen and oxygen atoms in total. The Kier molecular flexibility index (Phi) is 3.87. The zero-order valence-electron chi connectivity index (χ0n) is 11.0. The van der Waals surface area contributed by atoms with Crippen LogP contribution in [0.4, 0.5) is 4.79 Å². The fourth-order valence-corrected chi connectivity index (χ4v) is 2.45. The number of hydrogen-bond acceptors (Lipinski definition) is 4. The largest absolute Gasteiger partial charge is 0.377 e. The molecule has 2 rings (SSSR count). The highest BCUT2D eigenvalue weighted by molar-refractivity contribution is 6.07. The zero-order chi connectivity index (χ0) is 13.2. The lowest BCUT2D eigenvalue weighted by Crippen LogP contribution is -2.57. The van der Waals surface area contributed by atoms with Gasteiger partial charge in [-0.1, -0.05) is 0 Å². The van der Waals surface area contributed by atoms with Crippen molar-refractivity contribution in [1.82, 2.24) is 15.5 Å². The molecule has 6 heteroatoms. The topological polar surface area (TPSA) is 70.7 Å². The van der Waals surface area contributed by atoms with E-state index in [0.717, 1.165) is 13.0 Å². The van der Waals surface area contributed by atoms with Gasteiger partial charge in [-0.2, -0.15) is 0 Å². The molecule has 2 saturated heterocycles. The van der Waals surface area contributed by atoms with Gasteiger partial charge in [0.1, 0.15) is 5.54 Å². The van der Waals surface area contributed by atoms with Gasteiger partial charge >= 0.3 is 6.03 Å². The summed E-state index contributed by atoms with van der Waals surface area (Å²) in [5, 5.41) is 6.00. The van der Waals surface area contributed by atoms with Gasteiger partial charge in [-0.25, -0.2) is 4.79 Å². The summed E-state index contributed by atoms with van der Waals surface area (Å²) in [5.41, 5.74) is -0.715. The Morgan fingerprint density at radius 3 is 2.83 bits per heavy atom. The monoisotopic (exact) mass is 255 g/mol. The Balaban J connectivity index is 1.96. The average molecular weight is 255 g/mol. The third-order valence-corrected chi connectivity index (χ3v) is 3.40. The molecular weight excluding hydrogens is 234 g/mol. The van der Waals surface area contributed by atoms with E-state index in [1.54, 1.807) is 0 Å². The standard InChI is InChI=1S/C12H21N3O3/c1-9(2)18-7-6-15-10(16)12(14-11(15)17)4-3-5-13-8-12/h9,13H,3-8H2,1-2H3,(H,14,17). The van der Waals surface area contributed by atoms with Crippen LogP contribution in [0.25, 0.3) is 0 Å². The summed E-state index contributed by atoms with van der Waals surface area (Å²) in [7, 11) is 0. The minimum Gasteiger partial charge on any atom is -0.377 e. The Hall–Kier alpha value is -1.14. The van der Waals surface area contributed by atoms with E-state index < -0.39 is 5.54 Å². The lowest BCUT2D eigenvalue weighted by Gasteiger charge is -2.31. The van der Waals surface area contributed by atoms with E-state index in [9.17, 15) is 9.59 Å². The Morgan fingerprint density at radius 1 is 1.44 bits per heavy atom. The molecule has 0 bridgehead atoms. The minimum absolute atomic E-state index is 0.107. The number of rotatable bonds is 4. The molecule has 2 fully saturated rings. The maximum atomic E-state index is 12.3. The van der Waals surface area contributed by atoms with Crippen LogP contribution in [-0.2, 0) is 9.53 Å². The van der Waals surface area contributed by atoms with Crippen LogP contribution in [0.2, 0.25) is 0 Å². The van der Waals surface area contributed by atoms with Crippen LogP contribution in [0, 0.1) is 0 Å². The molecule has 0 saturated carbocycles. The van der Waals surface area contributed by atoms with Crippen LogP contribution in [0.15, 0.2) is 0 Å². The first-order chi connectivity index (χ1) is 8.55. The summed E-state index contributed by atoms with van der Waals surface area (Å²) in [5.74, 6) is -0.118. The van der Waals surface area contributed by atoms with Gasteiger partial charge in [0.25, 0.3) is 5.91 Å². The van der Waals surface area contributed by atoms with E-state index in [1.807, 2.05) is 13.8 Å². The van der Waals surface area contributed by atoms with Gasteiger partial charge in [-0.05, 0) is 33.2 Å². The molecule has 0 aliphatic carbocycles. The second kappa shape index (κ2) is 5.24. The van der Waals surface area contributed by atoms with Gasteiger partial charge in [0.05, 0.1) is 19.3 Å². The third kappa shape index (κ3) is 2.49. The predicted octanol–water partition coefficient (Wildman–Crippen LogP) is 0.0854. The first-order valence-electron chi connectivity index (χ1n) is 6.51. The summed E-state index contributed by atoms with van der Waals surface area (Å²) >= 11 is 0. The molecule has 1 unspecified atom stereocenters. The Labute approximate surface area is 107 Å². The van der Waals surface area contributed by atoms with Crippen molar-refractivity contribution in [2.45, 2.75) is 38.3 Å². The molecule has 2 heterocycles. The first kappa shape index (κ1) is 13.3. The van der Waals surface area contributed by atoms with Crippen molar-refractivity contribution in [2.24, 2.45) is 0 Å². The molecule has 0 aromatic heterocycles. The number of nitrogens with one attached hydrogen (secondary N) is 2. The fourth-order valence-electron chi connectivity index (χ4n) is 2.45. The number of nitrogens with zero attached hydrogens (tertiary/aromatic N) is 1. The SMILES string of the molecule is CC(C)OCCN1C(=O)NC2(CCCNC2)C1=O. The smallest absolute Gasteiger partial charge is 0.325 e. The minimum atomic E-state index is -0.715. The summed E-state index contributed by atoms with van der Waals surface area (Å²) in [6.07, 6.45) is 1.73. The van der Waals surface area contributed by atoms with Crippen LogP contribution in [0.1, 0.15) is 26.7 Å². The van der Waals surface area contributed by atoms with Crippen molar-refractivity contribution in [2.75, 3.05) is 26.2 Å². The van der Waals surface area contributed by atoms with Crippen LogP contribution in [-0.4, -0.2) is 54.7 Å². The van der Waals surface area contributed by atoms with Gasteiger partial charge in [0, 0.05) is 6.54 Å². The molecule has 1 atom stereocenters. The summed E-state index contributed by atoms with van der Waals surface area (Å²) in [6.45, 7) is 6.00. The maximum absolute atomic E-state index is 12.3. The van der Waals surface area contributed by atoms with Gasteiger partial charge in [0.2, 0.25) is 0 Å². The normalized spacial score (nSPS) is 28.3. The number of urea groups is 1. The summed E-state index contributed by atoms with van der Waals surface area (Å²) in [4.78, 5) is 25.4. The second-order valence-electron chi connectivity index (χ2n) is 5.17. The molecule has 18 heavy (non-hydrogen) atoms. The van der Waals surface area contributed by atoms with E-state index in [0.29, 0.717) is 26.1 Å². The molecule has 2 N–H and O–H groups in total. The van der Waals surface area contributed by atoms with Crippen molar-refractivity contribution in [3.63, 3.8) is 0 Å². The van der Waals surface area contributed by atoms with Gasteiger partial charge in [-0.15, -0.1) is 0 Å². The Bertz CT molecular complexity index is 337. The highest BCUT2D eigenvalue weighted by atomic mass is 16.5. The molecule has 102 valence electrons. The highest BCUT2D eigenvalue weighted by Gasteiger charge is 2.51. The first-order valence-corrected chi connectivity index (χ1v) is 6.51. The van der Waals surface area contributed by atoms with Crippen LogP contribution < -0.4 is 10.6 Å². The molecule has 2 aliphatic heterocycles. The number of carbonyl (C=O) groups excluding carboxylic acids is 2. The lowest BCUT2D eigenvalue weighted by molar-refractivity contribution is -0.132. The summed E-state index contributed by atoms with van der Waals surface area (Å²) in [6, 6.07) is -0.295. The number of imide groups is 1. The Morgan fingerprint density at radius 2 is 2.22 bits per heavy atom. The molecule has 2 aliphatic rings. The summed E-state index contributed by atoms with van der Waals surface area (Å²) < 4.78 is 5.39. The van der Waals surface area contributed by atoms with E-state index in [-0.39, 0.29) is 18.0 Å². The van der Waals surface area contributed by atoms with Crippen LogP contribution in [0.5, 0.6) is 0 Å². The average Bonchev–Trinajstić information content (AvgIpc) is 2.54. The van der Waals surface area contributed by atoms with Crippen LogP contribution >= 0.6 is 0 Å². The molecule has 1 spiro atoms. The number of carbonyl (C=O) groups is 2. The molecule has 0 aromatic rings. The highest BCUT2D eigenvalue weighted by Crippen LogP contribution is 2.24. The fraction of sp³-hybridized carbons (Fsp3) is 0.833. The zero-order valence-corrected chi connectivity index (χ0v) is 11.0. The number of ether oxygens (including phenoxy) is 1. The van der Waals surface area contributed by atoms with Crippen molar-refractivity contribution in [1.29, 1.82) is 0 Å². The lowest BCUT2D eigenvalue weighted by atomic mass is 9.90. The third-order valence-electron chi connectivity index (χ3n) is 3.40. The predicted molar refractivity (Wildman–Crippen MR) is 66.2 cm³/mol. The van der Waals surface area contributed by atoms with Crippen LogP contribution in [0.3, 0.4) is 0 Å². The van der Waals surface area contributed by atoms with Gasteiger partial charge < -0.3 is 15.4 Å². The number of hydrogen-bond donors (Lipinski definition) is 2. The number of piperidine rings is 1. The number of amides is 3. The molecular formula is C12H21N3O3. The molecule has 0 aromatic carbocycles. The maximum Gasteiger partial charge on any atom is 0.325 e. The van der Waals surface area contributed by atoms with Gasteiger partial charge in [-0.3, -0.25) is 9.69 Å². The van der Waals surface area contributed by atoms with E-state index in [1.165, 1.54) is 4.90 Å². The molecule has 3 amide bonds. The van der Waals surface area contributed by atoms with E-state index in [4.69, 9.17) is 4.74 Å². The van der Waals surface area contributed by atoms with Crippen molar-refractivity contribution in [3.8, 4) is 0 Å². The molecule has 0 radical (unpaired) electrons.